The smallest absolute Gasteiger partial charge is 0.237 e. The molecule has 3 N–H and O–H groups in total. The van der Waals surface area contributed by atoms with Gasteiger partial charge in [0.25, 0.3) is 0 Å². The maximum absolute atomic E-state index is 5.72. The SMILES string of the molecule is COc1nccnc1C(NN)c1c(C)cccc1C. The highest BCUT2D eigenvalue weighted by Crippen LogP contribution is 2.29. The minimum Gasteiger partial charge on any atom is -0.480 e. The van der Waals surface area contributed by atoms with Crippen LogP contribution in [0.4, 0.5) is 0 Å². The van der Waals surface area contributed by atoms with Crippen molar-refractivity contribution < 1.29 is 4.74 Å². The molecule has 1 unspecified atom stereocenters. The number of hydrazine groups is 1. The van der Waals surface area contributed by atoms with Crippen LogP contribution in [-0.4, -0.2) is 17.1 Å². The number of ether oxygens (including phenoxy) is 1. The highest BCUT2D eigenvalue weighted by atomic mass is 16.5. The van der Waals surface area contributed by atoms with E-state index in [-0.39, 0.29) is 6.04 Å². The summed E-state index contributed by atoms with van der Waals surface area (Å²) in [5, 5.41) is 0. The first-order valence-corrected chi connectivity index (χ1v) is 6.06. The van der Waals surface area contributed by atoms with Crippen LogP contribution in [0.25, 0.3) is 0 Å². The third-order valence-corrected chi connectivity index (χ3v) is 3.16. The molecule has 0 fully saturated rings. The van der Waals surface area contributed by atoms with Crippen LogP contribution in [0.15, 0.2) is 30.6 Å². The largest absolute Gasteiger partial charge is 0.480 e. The van der Waals surface area contributed by atoms with Crippen LogP contribution < -0.4 is 16.0 Å². The Bertz CT molecular complexity index is 551. The van der Waals surface area contributed by atoms with Crippen LogP contribution in [0.2, 0.25) is 0 Å². The number of nitrogens with one attached hydrogen (secondary N) is 1. The normalized spacial score (nSPS) is 12.2. The zero-order valence-electron chi connectivity index (χ0n) is 11.3. The third-order valence-electron chi connectivity index (χ3n) is 3.16. The standard InChI is InChI=1S/C14H18N4O/c1-9-5-4-6-10(2)11(9)12(18-15)13-14(19-3)17-8-7-16-13/h4-8,12,18H,15H2,1-3H3. The minimum absolute atomic E-state index is 0.246. The Labute approximate surface area is 112 Å². The van der Waals surface area contributed by atoms with E-state index in [0.29, 0.717) is 11.6 Å². The lowest BCUT2D eigenvalue weighted by Crippen LogP contribution is -2.31. The first kappa shape index (κ1) is 13.5. The number of nitrogens with zero attached hydrogens (tertiary/aromatic N) is 2. The van der Waals surface area contributed by atoms with Gasteiger partial charge in [-0.2, -0.15) is 0 Å². The number of hydrogen-bond donors (Lipinski definition) is 2. The summed E-state index contributed by atoms with van der Waals surface area (Å²) in [6, 6.07) is 5.88. The lowest BCUT2D eigenvalue weighted by molar-refractivity contribution is 0.382. The zero-order valence-corrected chi connectivity index (χ0v) is 11.3. The van der Waals surface area contributed by atoms with Crippen molar-refractivity contribution in [1.82, 2.24) is 15.4 Å². The molecular weight excluding hydrogens is 240 g/mol. The van der Waals surface area contributed by atoms with Gasteiger partial charge in [0.05, 0.1) is 13.2 Å². The first-order chi connectivity index (χ1) is 9.19. The van der Waals surface area contributed by atoms with E-state index in [1.807, 2.05) is 6.07 Å². The summed E-state index contributed by atoms with van der Waals surface area (Å²) >= 11 is 0. The number of hydrogen-bond acceptors (Lipinski definition) is 5. The Morgan fingerprint density at radius 2 is 1.79 bits per heavy atom. The average Bonchev–Trinajstić information content (AvgIpc) is 2.43. The molecule has 0 bridgehead atoms. The lowest BCUT2D eigenvalue weighted by Gasteiger charge is -2.21. The summed E-state index contributed by atoms with van der Waals surface area (Å²) in [7, 11) is 1.58. The van der Waals surface area contributed by atoms with Crippen LogP contribution in [0, 0.1) is 13.8 Å². The molecule has 0 spiro atoms. The van der Waals surface area contributed by atoms with Gasteiger partial charge in [0.2, 0.25) is 5.88 Å². The monoisotopic (exact) mass is 258 g/mol. The van der Waals surface area contributed by atoms with E-state index < -0.39 is 0 Å². The molecule has 1 aromatic heterocycles. The molecular formula is C14H18N4O. The summed E-state index contributed by atoms with van der Waals surface area (Å²) in [4.78, 5) is 8.52. The van der Waals surface area contributed by atoms with E-state index in [1.165, 1.54) is 0 Å². The van der Waals surface area contributed by atoms with Gasteiger partial charge in [-0.15, -0.1) is 0 Å². The van der Waals surface area contributed by atoms with E-state index in [0.717, 1.165) is 16.7 Å². The van der Waals surface area contributed by atoms with E-state index >= 15 is 0 Å². The van der Waals surface area contributed by atoms with Gasteiger partial charge in [-0.1, -0.05) is 18.2 Å². The first-order valence-electron chi connectivity index (χ1n) is 6.06. The number of nitrogens with two attached hydrogens (primary N) is 1. The molecule has 0 radical (unpaired) electrons. The van der Waals surface area contributed by atoms with Gasteiger partial charge in [0.1, 0.15) is 5.69 Å². The van der Waals surface area contributed by atoms with Gasteiger partial charge < -0.3 is 4.74 Å². The van der Waals surface area contributed by atoms with Gasteiger partial charge >= 0.3 is 0 Å². The predicted molar refractivity (Wildman–Crippen MR) is 73.7 cm³/mol. The van der Waals surface area contributed by atoms with Crippen molar-refractivity contribution in [3.63, 3.8) is 0 Å². The molecule has 0 aliphatic carbocycles. The second kappa shape index (κ2) is 5.77. The highest BCUT2D eigenvalue weighted by Gasteiger charge is 2.22. The molecule has 0 amide bonds. The third kappa shape index (κ3) is 2.57. The predicted octanol–water partition coefficient (Wildman–Crippen LogP) is 1.65. The molecule has 2 aromatic rings. The van der Waals surface area contributed by atoms with Gasteiger partial charge in [-0.25, -0.2) is 10.4 Å². The summed E-state index contributed by atoms with van der Waals surface area (Å²) in [6.07, 6.45) is 3.23. The van der Waals surface area contributed by atoms with Crippen LogP contribution in [0.5, 0.6) is 5.88 Å². The summed E-state index contributed by atoms with van der Waals surface area (Å²) < 4.78 is 5.26. The fourth-order valence-corrected chi connectivity index (χ4v) is 2.27. The molecule has 5 nitrogen and oxygen atoms in total. The molecule has 1 aromatic carbocycles. The fraction of sp³-hybridized carbons (Fsp3) is 0.286. The Hall–Kier alpha value is -1.98. The molecule has 2 rings (SSSR count). The Morgan fingerprint density at radius 3 is 2.37 bits per heavy atom. The average molecular weight is 258 g/mol. The van der Waals surface area contributed by atoms with Gasteiger partial charge in [0.15, 0.2) is 0 Å². The van der Waals surface area contributed by atoms with Gasteiger partial charge in [-0.3, -0.25) is 10.8 Å². The van der Waals surface area contributed by atoms with Crippen LogP contribution in [0.1, 0.15) is 28.4 Å². The molecule has 0 aliphatic heterocycles. The molecule has 100 valence electrons. The van der Waals surface area contributed by atoms with Gasteiger partial charge in [0, 0.05) is 12.4 Å². The molecule has 0 saturated heterocycles. The van der Waals surface area contributed by atoms with Crippen LogP contribution in [0.3, 0.4) is 0 Å². The van der Waals surface area contributed by atoms with Crippen LogP contribution in [-0.2, 0) is 0 Å². The van der Waals surface area contributed by atoms with Crippen LogP contribution >= 0.6 is 0 Å². The number of rotatable bonds is 4. The van der Waals surface area contributed by atoms with E-state index in [1.54, 1.807) is 19.5 Å². The van der Waals surface area contributed by atoms with Crippen molar-refractivity contribution in [3.05, 3.63) is 53.0 Å². The number of aryl methyl sites for hydroxylation is 2. The molecule has 0 saturated carbocycles. The minimum atomic E-state index is -0.246. The van der Waals surface area contributed by atoms with Crippen molar-refractivity contribution in [3.8, 4) is 5.88 Å². The Balaban J connectivity index is 2.57. The number of methoxy groups -OCH3 is 1. The quantitative estimate of drug-likeness (QED) is 0.644. The fourth-order valence-electron chi connectivity index (χ4n) is 2.27. The molecule has 1 atom stereocenters. The molecule has 5 heteroatoms. The molecule has 0 aliphatic rings. The molecule has 1 heterocycles. The summed E-state index contributed by atoms with van der Waals surface area (Å²) in [5.74, 6) is 6.20. The lowest BCUT2D eigenvalue weighted by atomic mass is 9.94. The van der Waals surface area contributed by atoms with Crippen molar-refractivity contribution in [2.24, 2.45) is 5.84 Å². The number of aromatic nitrogens is 2. The van der Waals surface area contributed by atoms with Gasteiger partial charge in [-0.05, 0) is 30.5 Å². The van der Waals surface area contributed by atoms with E-state index in [9.17, 15) is 0 Å². The van der Waals surface area contributed by atoms with E-state index in [2.05, 4.69) is 41.4 Å². The van der Waals surface area contributed by atoms with Crippen molar-refractivity contribution in [2.45, 2.75) is 19.9 Å². The van der Waals surface area contributed by atoms with Crippen molar-refractivity contribution >= 4 is 0 Å². The number of benzene rings is 1. The summed E-state index contributed by atoms with van der Waals surface area (Å²) in [6.45, 7) is 4.10. The Morgan fingerprint density at radius 1 is 1.16 bits per heavy atom. The maximum Gasteiger partial charge on any atom is 0.237 e. The van der Waals surface area contributed by atoms with E-state index in [4.69, 9.17) is 10.6 Å². The Kier molecular flexibility index (Phi) is 4.09. The maximum atomic E-state index is 5.72. The highest BCUT2D eigenvalue weighted by molar-refractivity contribution is 5.42. The topological polar surface area (TPSA) is 73.1 Å². The second-order valence-corrected chi connectivity index (χ2v) is 4.36. The van der Waals surface area contributed by atoms with Crippen molar-refractivity contribution in [2.75, 3.05) is 7.11 Å². The molecule has 19 heavy (non-hydrogen) atoms. The summed E-state index contributed by atoms with van der Waals surface area (Å²) in [5.41, 5.74) is 6.89. The second-order valence-electron chi connectivity index (χ2n) is 4.36. The van der Waals surface area contributed by atoms with Crippen molar-refractivity contribution in [1.29, 1.82) is 0 Å². The zero-order chi connectivity index (χ0) is 13.8.